The third kappa shape index (κ3) is 1.83. The number of hydrogen-bond acceptors (Lipinski definition) is 3. The molecule has 0 unspecified atom stereocenters. The van der Waals surface area contributed by atoms with Gasteiger partial charge in [0.25, 0.3) is 0 Å². The second kappa shape index (κ2) is 4.13. The number of hydrogen-bond donors (Lipinski definition) is 1. The lowest BCUT2D eigenvalue weighted by Crippen LogP contribution is -2.08. The van der Waals surface area contributed by atoms with Crippen molar-refractivity contribution in [2.75, 3.05) is 6.61 Å². The summed E-state index contributed by atoms with van der Waals surface area (Å²) in [7, 11) is 0. The maximum Gasteiger partial charge on any atom is 0.359 e. The standard InChI is InChI=1S/C11H12N2O2/c1-2-7-15-11(14)10-9-8(3-5-12-9)4-6-13-10/h3-6,12H,2,7H2,1H3. The zero-order valence-electron chi connectivity index (χ0n) is 8.49. The van der Waals surface area contributed by atoms with E-state index in [1.54, 1.807) is 12.4 Å². The Labute approximate surface area is 87.3 Å². The predicted octanol–water partition coefficient (Wildman–Crippen LogP) is 2.13. The summed E-state index contributed by atoms with van der Waals surface area (Å²) in [5.41, 5.74) is 1.09. The molecule has 0 bridgehead atoms. The molecule has 0 spiro atoms. The van der Waals surface area contributed by atoms with Gasteiger partial charge in [0.15, 0.2) is 5.69 Å². The number of carbonyl (C=O) groups is 1. The highest BCUT2D eigenvalue weighted by atomic mass is 16.5. The van der Waals surface area contributed by atoms with E-state index in [2.05, 4.69) is 9.97 Å². The minimum Gasteiger partial charge on any atom is -0.461 e. The summed E-state index contributed by atoms with van der Waals surface area (Å²) in [4.78, 5) is 18.6. The number of carbonyl (C=O) groups excluding carboxylic acids is 1. The SMILES string of the molecule is CCCOC(=O)c1nccc2cc[nH]c12. The van der Waals surface area contributed by atoms with Gasteiger partial charge in [-0.3, -0.25) is 0 Å². The third-order valence-corrected chi connectivity index (χ3v) is 2.10. The average Bonchev–Trinajstić information content (AvgIpc) is 2.73. The number of nitrogens with zero attached hydrogens (tertiary/aromatic N) is 1. The zero-order valence-corrected chi connectivity index (χ0v) is 8.49. The molecule has 0 aliphatic rings. The second-order valence-corrected chi connectivity index (χ2v) is 3.24. The van der Waals surface area contributed by atoms with Crippen LogP contribution in [-0.2, 0) is 4.74 Å². The summed E-state index contributed by atoms with van der Waals surface area (Å²) < 4.78 is 5.03. The van der Waals surface area contributed by atoms with Gasteiger partial charge in [0, 0.05) is 17.8 Å². The smallest absolute Gasteiger partial charge is 0.359 e. The van der Waals surface area contributed by atoms with Gasteiger partial charge in [-0.2, -0.15) is 0 Å². The average molecular weight is 204 g/mol. The van der Waals surface area contributed by atoms with Crippen LogP contribution in [0.4, 0.5) is 0 Å². The summed E-state index contributed by atoms with van der Waals surface area (Å²) >= 11 is 0. The van der Waals surface area contributed by atoms with Gasteiger partial charge in [-0.25, -0.2) is 9.78 Å². The monoisotopic (exact) mass is 204 g/mol. The van der Waals surface area contributed by atoms with E-state index in [-0.39, 0.29) is 5.97 Å². The zero-order chi connectivity index (χ0) is 10.7. The molecule has 2 aromatic rings. The number of esters is 1. The van der Waals surface area contributed by atoms with Crippen LogP contribution >= 0.6 is 0 Å². The van der Waals surface area contributed by atoms with E-state index in [1.165, 1.54) is 0 Å². The molecule has 0 saturated carbocycles. The molecule has 0 amide bonds. The van der Waals surface area contributed by atoms with Crippen molar-refractivity contribution in [3.05, 3.63) is 30.2 Å². The number of fused-ring (bicyclic) bond motifs is 1. The predicted molar refractivity (Wildman–Crippen MR) is 56.7 cm³/mol. The van der Waals surface area contributed by atoms with Crippen LogP contribution in [0.5, 0.6) is 0 Å². The van der Waals surface area contributed by atoms with Crippen LogP contribution in [0.25, 0.3) is 10.9 Å². The molecule has 15 heavy (non-hydrogen) atoms. The minimum absolute atomic E-state index is 0.353. The molecule has 0 saturated heterocycles. The molecule has 2 heterocycles. The van der Waals surface area contributed by atoms with Crippen molar-refractivity contribution in [3.63, 3.8) is 0 Å². The summed E-state index contributed by atoms with van der Waals surface area (Å²) in [5.74, 6) is -0.370. The van der Waals surface area contributed by atoms with Gasteiger partial charge in [0.2, 0.25) is 0 Å². The summed E-state index contributed by atoms with van der Waals surface area (Å²) in [6, 6.07) is 3.75. The van der Waals surface area contributed by atoms with Gasteiger partial charge in [0.05, 0.1) is 12.1 Å². The molecule has 0 fully saturated rings. The van der Waals surface area contributed by atoms with Crippen molar-refractivity contribution in [2.24, 2.45) is 0 Å². The van der Waals surface area contributed by atoms with Crippen molar-refractivity contribution >= 4 is 16.9 Å². The maximum atomic E-state index is 11.6. The van der Waals surface area contributed by atoms with Crippen LogP contribution < -0.4 is 0 Å². The van der Waals surface area contributed by atoms with Crippen molar-refractivity contribution in [1.29, 1.82) is 0 Å². The van der Waals surface area contributed by atoms with E-state index in [1.807, 2.05) is 19.1 Å². The van der Waals surface area contributed by atoms with Gasteiger partial charge in [-0.15, -0.1) is 0 Å². The van der Waals surface area contributed by atoms with E-state index in [0.29, 0.717) is 12.3 Å². The van der Waals surface area contributed by atoms with E-state index in [0.717, 1.165) is 17.3 Å². The molecule has 0 radical (unpaired) electrons. The number of nitrogens with one attached hydrogen (secondary N) is 1. The lowest BCUT2D eigenvalue weighted by atomic mass is 10.2. The van der Waals surface area contributed by atoms with E-state index in [4.69, 9.17) is 4.74 Å². The number of aromatic nitrogens is 2. The Balaban J connectivity index is 2.34. The van der Waals surface area contributed by atoms with Gasteiger partial charge < -0.3 is 9.72 Å². The van der Waals surface area contributed by atoms with E-state index < -0.39 is 0 Å². The first kappa shape index (κ1) is 9.71. The Hall–Kier alpha value is -1.84. The van der Waals surface area contributed by atoms with Crippen LogP contribution in [0.2, 0.25) is 0 Å². The Kier molecular flexibility index (Phi) is 2.67. The third-order valence-electron chi connectivity index (χ3n) is 2.10. The molecule has 2 rings (SSSR count). The highest BCUT2D eigenvalue weighted by Crippen LogP contribution is 2.15. The quantitative estimate of drug-likeness (QED) is 0.779. The van der Waals surface area contributed by atoms with E-state index >= 15 is 0 Å². The fourth-order valence-electron chi connectivity index (χ4n) is 1.40. The molecule has 78 valence electrons. The van der Waals surface area contributed by atoms with Gasteiger partial charge in [-0.05, 0) is 18.6 Å². The molecular formula is C11H12N2O2. The molecule has 2 aromatic heterocycles. The number of rotatable bonds is 3. The Morgan fingerprint density at radius 3 is 3.20 bits per heavy atom. The first-order valence-corrected chi connectivity index (χ1v) is 4.92. The highest BCUT2D eigenvalue weighted by Gasteiger charge is 2.13. The first-order chi connectivity index (χ1) is 7.33. The highest BCUT2D eigenvalue weighted by molar-refractivity contribution is 6.00. The summed E-state index contributed by atoms with van der Waals surface area (Å²) in [5, 5.41) is 0.966. The minimum atomic E-state index is -0.370. The summed E-state index contributed by atoms with van der Waals surface area (Å²) in [6.45, 7) is 2.38. The molecule has 0 aliphatic heterocycles. The molecule has 0 aliphatic carbocycles. The number of aromatic amines is 1. The normalized spacial score (nSPS) is 10.5. The number of ether oxygens (including phenoxy) is 1. The van der Waals surface area contributed by atoms with Crippen LogP contribution in [-0.4, -0.2) is 22.5 Å². The first-order valence-electron chi connectivity index (χ1n) is 4.92. The number of pyridine rings is 1. The van der Waals surface area contributed by atoms with Crippen LogP contribution in [0.1, 0.15) is 23.8 Å². The topological polar surface area (TPSA) is 55.0 Å². The van der Waals surface area contributed by atoms with Gasteiger partial charge in [-0.1, -0.05) is 6.92 Å². The molecule has 0 aromatic carbocycles. The molecule has 0 atom stereocenters. The Morgan fingerprint density at radius 1 is 1.53 bits per heavy atom. The summed E-state index contributed by atoms with van der Waals surface area (Å²) in [6.07, 6.45) is 4.20. The van der Waals surface area contributed by atoms with Crippen LogP contribution in [0.15, 0.2) is 24.5 Å². The van der Waals surface area contributed by atoms with Gasteiger partial charge >= 0.3 is 5.97 Å². The Morgan fingerprint density at radius 2 is 2.40 bits per heavy atom. The molecular weight excluding hydrogens is 192 g/mol. The molecule has 4 heteroatoms. The molecule has 4 nitrogen and oxygen atoms in total. The van der Waals surface area contributed by atoms with Crippen molar-refractivity contribution in [2.45, 2.75) is 13.3 Å². The van der Waals surface area contributed by atoms with Crippen LogP contribution in [0, 0.1) is 0 Å². The van der Waals surface area contributed by atoms with E-state index in [9.17, 15) is 4.79 Å². The Bertz CT molecular complexity index is 476. The largest absolute Gasteiger partial charge is 0.461 e. The van der Waals surface area contributed by atoms with Crippen molar-refractivity contribution in [3.8, 4) is 0 Å². The van der Waals surface area contributed by atoms with Gasteiger partial charge in [0.1, 0.15) is 0 Å². The number of H-pyrrole nitrogens is 1. The second-order valence-electron chi connectivity index (χ2n) is 3.24. The fourth-order valence-corrected chi connectivity index (χ4v) is 1.40. The molecule has 1 N–H and O–H groups in total. The lowest BCUT2D eigenvalue weighted by Gasteiger charge is -2.02. The maximum absolute atomic E-state index is 11.6. The fraction of sp³-hybridized carbons (Fsp3) is 0.273. The van der Waals surface area contributed by atoms with Crippen molar-refractivity contribution < 1.29 is 9.53 Å². The lowest BCUT2D eigenvalue weighted by molar-refractivity contribution is 0.0500. The van der Waals surface area contributed by atoms with Crippen molar-refractivity contribution in [1.82, 2.24) is 9.97 Å². The van der Waals surface area contributed by atoms with Crippen LogP contribution in [0.3, 0.4) is 0 Å².